The van der Waals surface area contributed by atoms with Crippen molar-refractivity contribution in [2.24, 2.45) is 7.05 Å². The molecule has 2 bridgehead atoms. The smallest absolute Gasteiger partial charge is 0.332 e. The minimum absolute atomic E-state index is 0. The molecule has 0 radical (unpaired) electrons. The van der Waals surface area contributed by atoms with Crippen LogP contribution in [0.3, 0.4) is 0 Å². The third-order valence-corrected chi connectivity index (χ3v) is 7.24. The number of benzene rings is 1. The Morgan fingerprint density at radius 1 is 0.971 bits per heavy atom. The van der Waals surface area contributed by atoms with E-state index in [4.69, 9.17) is 4.98 Å². The number of halogens is 4. The standard InChI is InChI=1S/C26H23F3N4O.ClH/c1-31-24-17-8-11-32(12-9-17)15-21(24)20-6-7-22(30-25(20)31)33-13-10-18(14-23(33)34)16-2-4-19(5-3-16)26(27,28)29;/h2-7,10,13-14,17H,8-9,11-12,15H2,1H3;1H. The molecule has 0 spiro atoms. The summed E-state index contributed by atoms with van der Waals surface area (Å²) in [5, 5.41) is 1.13. The minimum atomic E-state index is -4.39. The van der Waals surface area contributed by atoms with Crippen LogP contribution in [0.15, 0.2) is 59.5 Å². The van der Waals surface area contributed by atoms with Crippen LogP contribution in [0, 0.1) is 0 Å². The van der Waals surface area contributed by atoms with E-state index in [1.165, 1.54) is 34.0 Å². The monoisotopic (exact) mass is 500 g/mol. The molecule has 9 heteroatoms. The van der Waals surface area contributed by atoms with Crippen LogP contribution in [0.25, 0.3) is 28.0 Å². The Morgan fingerprint density at radius 3 is 2.34 bits per heavy atom. The summed E-state index contributed by atoms with van der Waals surface area (Å²) in [4.78, 5) is 20.3. The van der Waals surface area contributed by atoms with Crippen LogP contribution in [0.1, 0.15) is 35.6 Å². The average Bonchev–Trinajstić information content (AvgIpc) is 2.97. The highest BCUT2D eigenvalue weighted by molar-refractivity contribution is 5.85. The predicted octanol–water partition coefficient (Wildman–Crippen LogP) is 5.52. The number of aromatic nitrogens is 3. The van der Waals surface area contributed by atoms with Gasteiger partial charge < -0.3 is 4.57 Å². The molecule has 3 aliphatic heterocycles. The highest BCUT2D eigenvalue weighted by Gasteiger charge is 2.32. The molecular formula is C26H24ClF3N4O. The van der Waals surface area contributed by atoms with Gasteiger partial charge >= 0.3 is 6.18 Å². The van der Waals surface area contributed by atoms with E-state index in [0.717, 1.165) is 55.6 Å². The maximum Gasteiger partial charge on any atom is 0.416 e. The van der Waals surface area contributed by atoms with Crippen molar-refractivity contribution < 1.29 is 13.2 Å². The maximum absolute atomic E-state index is 12.9. The van der Waals surface area contributed by atoms with Crippen LogP contribution in [0.5, 0.6) is 0 Å². The zero-order valence-electron chi connectivity index (χ0n) is 19.0. The number of hydrogen-bond donors (Lipinski definition) is 0. The van der Waals surface area contributed by atoms with Crippen molar-refractivity contribution in [2.75, 3.05) is 13.1 Å². The molecule has 1 aromatic carbocycles. The van der Waals surface area contributed by atoms with E-state index < -0.39 is 11.7 Å². The highest BCUT2D eigenvalue weighted by atomic mass is 35.5. The summed E-state index contributed by atoms with van der Waals surface area (Å²) in [6.07, 6.45) is -0.437. The van der Waals surface area contributed by atoms with Gasteiger partial charge in [0.25, 0.3) is 5.56 Å². The van der Waals surface area contributed by atoms with Crippen LogP contribution < -0.4 is 5.56 Å². The summed E-state index contributed by atoms with van der Waals surface area (Å²) >= 11 is 0. The van der Waals surface area contributed by atoms with E-state index in [1.807, 2.05) is 6.07 Å². The lowest BCUT2D eigenvalue weighted by atomic mass is 9.94. The first-order valence-corrected chi connectivity index (χ1v) is 11.4. The first kappa shape index (κ1) is 23.6. The molecule has 0 amide bonds. The van der Waals surface area contributed by atoms with Crippen molar-refractivity contribution in [3.8, 4) is 16.9 Å². The lowest BCUT2D eigenvalue weighted by molar-refractivity contribution is -0.137. The molecule has 0 N–H and O–H groups in total. The van der Waals surface area contributed by atoms with E-state index in [-0.39, 0.29) is 18.0 Å². The fourth-order valence-corrected chi connectivity index (χ4v) is 5.49. The molecule has 4 aromatic rings. The second-order valence-corrected chi connectivity index (χ2v) is 9.21. The lowest BCUT2D eigenvalue weighted by Gasteiger charge is -2.27. The fraction of sp³-hybridized carbons (Fsp3) is 0.308. The van der Waals surface area contributed by atoms with Gasteiger partial charge in [-0.2, -0.15) is 13.2 Å². The van der Waals surface area contributed by atoms with Gasteiger partial charge in [0, 0.05) is 42.9 Å². The van der Waals surface area contributed by atoms with E-state index in [2.05, 4.69) is 22.6 Å². The number of fused-ring (bicyclic) bond motifs is 3. The number of pyridine rings is 2. The van der Waals surface area contributed by atoms with Gasteiger partial charge in [0.05, 0.1) is 5.56 Å². The summed E-state index contributed by atoms with van der Waals surface area (Å²) in [7, 11) is 2.06. The number of alkyl halides is 3. The first-order chi connectivity index (χ1) is 16.3. The molecule has 0 aliphatic carbocycles. The van der Waals surface area contributed by atoms with Crippen molar-refractivity contribution in [3.63, 3.8) is 0 Å². The van der Waals surface area contributed by atoms with Gasteiger partial charge in [0.1, 0.15) is 11.5 Å². The Kier molecular flexibility index (Phi) is 5.76. The molecule has 7 rings (SSSR count). The zero-order chi connectivity index (χ0) is 23.6. The van der Waals surface area contributed by atoms with E-state index >= 15 is 0 Å². The van der Waals surface area contributed by atoms with Gasteiger partial charge in [0.15, 0.2) is 0 Å². The van der Waals surface area contributed by atoms with Gasteiger partial charge in [-0.1, -0.05) is 12.1 Å². The van der Waals surface area contributed by atoms with E-state index in [0.29, 0.717) is 22.9 Å². The van der Waals surface area contributed by atoms with Crippen LogP contribution in [-0.2, 0) is 19.8 Å². The summed E-state index contributed by atoms with van der Waals surface area (Å²) in [5.41, 5.74) is 3.70. The molecule has 3 aliphatic rings. The Bertz CT molecular complexity index is 1470. The van der Waals surface area contributed by atoms with Gasteiger partial charge in [-0.15, -0.1) is 12.4 Å². The molecule has 0 saturated carbocycles. The molecule has 5 nitrogen and oxygen atoms in total. The Morgan fingerprint density at radius 2 is 1.69 bits per heavy atom. The largest absolute Gasteiger partial charge is 0.416 e. The van der Waals surface area contributed by atoms with Gasteiger partial charge in [-0.05, 0) is 73.0 Å². The normalized spacial score (nSPS) is 19.3. The molecule has 6 heterocycles. The highest BCUT2D eigenvalue weighted by Crippen LogP contribution is 2.40. The van der Waals surface area contributed by atoms with Crippen molar-refractivity contribution in [1.82, 2.24) is 19.0 Å². The molecule has 1 saturated heterocycles. The quantitative estimate of drug-likeness (QED) is 0.364. The summed E-state index contributed by atoms with van der Waals surface area (Å²) in [6, 6.07) is 11.9. The Labute approximate surface area is 206 Å². The SMILES string of the molecule is Cl.Cn1c2c(c3ccc(-n4ccc(-c5ccc(C(F)(F)F)cc5)cc4=O)nc31)CN1CCC2CC1. The molecule has 0 unspecified atom stereocenters. The summed E-state index contributed by atoms with van der Waals surface area (Å²) < 4.78 is 42.2. The molecule has 35 heavy (non-hydrogen) atoms. The predicted molar refractivity (Wildman–Crippen MR) is 131 cm³/mol. The maximum atomic E-state index is 12.9. The van der Waals surface area contributed by atoms with Crippen LogP contribution >= 0.6 is 12.4 Å². The van der Waals surface area contributed by atoms with Crippen molar-refractivity contribution in [3.05, 3.63) is 81.9 Å². The van der Waals surface area contributed by atoms with Crippen molar-refractivity contribution in [2.45, 2.75) is 31.5 Å². The third-order valence-electron chi connectivity index (χ3n) is 7.24. The Balaban J connectivity index is 0.00000253. The summed E-state index contributed by atoms with van der Waals surface area (Å²) in [5.74, 6) is 1.07. The van der Waals surface area contributed by atoms with Crippen LogP contribution in [0.4, 0.5) is 13.2 Å². The van der Waals surface area contributed by atoms with Crippen LogP contribution in [-0.4, -0.2) is 32.1 Å². The second-order valence-electron chi connectivity index (χ2n) is 9.21. The zero-order valence-corrected chi connectivity index (χ0v) is 19.9. The molecular weight excluding hydrogens is 477 g/mol. The van der Waals surface area contributed by atoms with E-state index in [9.17, 15) is 18.0 Å². The first-order valence-electron chi connectivity index (χ1n) is 11.4. The number of aryl methyl sites for hydroxylation is 1. The summed E-state index contributed by atoms with van der Waals surface area (Å²) in [6.45, 7) is 3.20. The number of hydrogen-bond acceptors (Lipinski definition) is 3. The minimum Gasteiger partial charge on any atom is -0.332 e. The van der Waals surface area contributed by atoms with Crippen molar-refractivity contribution >= 4 is 23.4 Å². The Hall–Kier alpha value is -3.10. The van der Waals surface area contributed by atoms with Crippen molar-refractivity contribution in [1.29, 1.82) is 0 Å². The van der Waals surface area contributed by atoms with E-state index in [1.54, 1.807) is 12.3 Å². The molecule has 182 valence electrons. The lowest BCUT2D eigenvalue weighted by Crippen LogP contribution is -2.29. The number of piperidine rings is 1. The van der Waals surface area contributed by atoms with Gasteiger partial charge in [-0.3, -0.25) is 14.3 Å². The van der Waals surface area contributed by atoms with Gasteiger partial charge in [-0.25, -0.2) is 4.98 Å². The van der Waals surface area contributed by atoms with Gasteiger partial charge in [0.2, 0.25) is 0 Å². The molecule has 3 aromatic heterocycles. The second kappa shape index (κ2) is 8.53. The average molecular weight is 501 g/mol. The molecule has 0 atom stereocenters. The number of nitrogens with zero attached hydrogens (tertiary/aromatic N) is 4. The number of rotatable bonds is 2. The van der Waals surface area contributed by atoms with Crippen LogP contribution in [0.2, 0.25) is 0 Å². The molecule has 1 fully saturated rings. The third kappa shape index (κ3) is 3.94. The topological polar surface area (TPSA) is 43.1 Å². The fourth-order valence-electron chi connectivity index (χ4n) is 5.49.